The summed E-state index contributed by atoms with van der Waals surface area (Å²) in [7, 11) is 0. The van der Waals surface area contributed by atoms with Crippen molar-refractivity contribution >= 4 is 0 Å². The molecule has 102 valence electrons. The van der Waals surface area contributed by atoms with Gasteiger partial charge in [0.2, 0.25) is 0 Å². The molecule has 0 aromatic heterocycles. The molecule has 1 rings (SSSR count). The third-order valence-corrected chi connectivity index (χ3v) is 3.26. The second-order valence-electron chi connectivity index (χ2n) is 5.03. The van der Waals surface area contributed by atoms with Gasteiger partial charge in [-0.1, -0.05) is 32.3 Å². The van der Waals surface area contributed by atoms with Gasteiger partial charge in [-0.2, -0.15) is 0 Å². The molecule has 3 heteroatoms. The molecule has 0 fully saturated rings. The van der Waals surface area contributed by atoms with Gasteiger partial charge in [-0.25, -0.2) is 0 Å². The van der Waals surface area contributed by atoms with E-state index in [1.54, 1.807) is 12.1 Å². The van der Waals surface area contributed by atoms with E-state index in [9.17, 15) is 10.2 Å². The molecule has 3 nitrogen and oxygen atoms in total. The number of phenols is 2. The van der Waals surface area contributed by atoms with Crippen LogP contribution in [-0.4, -0.2) is 16.3 Å². The van der Waals surface area contributed by atoms with Crippen LogP contribution in [0.5, 0.6) is 11.5 Å². The topological polar surface area (TPSA) is 52.5 Å². The highest BCUT2D eigenvalue weighted by atomic mass is 16.3. The maximum Gasteiger partial charge on any atom is 0.124 e. The number of unbranched alkanes of at least 4 members (excludes halogenated alkanes) is 2. The van der Waals surface area contributed by atoms with E-state index < -0.39 is 0 Å². The number of phenolic OH excluding ortho intramolecular Hbond substituents is 2. The molecule has 0 radical (unpaired) electrons. The summed E-state index contributed by atoms with van der Waals surface area (Å²) >= 11 is 0. The Morgan fingerprint density at radius 1 is 1.17 bits per heavy atom. The SMILES string of the molecule is CCCCCC(C)NC(C)c1ccc(O)cc1O. The molecule has 1 aromatic rings. The van der Waals surface area contributed by atoms with Gasteiger partial charge in [0.15, 0.2) is 0 Å². The Morgan fingerprint density at radius 3 is 2.50 bits per heavy atom. The van der Waals surface area contributed by atoms with Crippen LogP contribution in [0.2, 0.25) is 0 Å². The van der Waals surface area contributed by atoms with E-state index in [0.29, 0.717) is 6.04 Å². The van der Waals surface area contributed by atoms with Gasteiger partial charge >= 0.3 is 0 Å². The fourth-order valence-electron chi connectivity index (χ4n) is 2.20. The van der Waals surface area contributed by atoms with Crippen molar-refractivity contribution in [1.82, 2.24) is 5.32 Å². The minimum atomic E-state index is 0.0854. The predicted molar refractivity (Wildman–Crippen MR) is 74.9 cm³/mol. The number of nitrogens with one attached hydrogen (secondary N) is 1. The molecule has 0 spiro atoms. The van der Waals surface area contributed by atoms with E-state index in [-0.39, 0.29) is 17.5 Å². The van der Waals surface area contributed by atoms with E-state index in [1.165, 1.54) is 25.3 Å². The molecular weight excluding hydrogens is 226 g/mol. The highest BCUT2D eigenvalue weighted by molar-refractivity contribution is 5.40. The Labute approximate surface area is 110 Å². The van der Waals surface area contributed by atoms with Gasteiger partial charge in [0.25, 0.3) is 0 Å². The van der Waals surface area contributed by atoms with Crippen LogP contribution in [0.4, 0.5) is 0 Å². The minimum Gasteiger partial charge on any atom is -0.508 e. The highest BCUT2D eigenvalue weighted by Crippen LogP contribution is 2.28. The fraction of sp³-hybridized carbons (Fsp3) is 0.600. The van der Waals surface area contributed by atoms with Crippen molar-refractivity contribution in [2.75, 3.05) is 0 Å². The lowest BCUT2D eigenvalue weighted by Crippen LogP contribution is -2.28. The van der Waals surface area contributed by atoms with Crippen molar-refractivity contribution in [3.63, 3.8) is 0 Å². The van der Waals surface area contributed by atoms with E-state index >= 15 is 0 Å². The Morgan fingerprint density at radius 2 is 1.89 bits per heavy atom. The first-order chi connectivity index (χ1) is 8.54. The van der Waals surface area contributed by atoms with Gasteiger partial charge < -0.3 is 15.5 Å². The van der Waals surface area contributed by atoms with Gasteiger partial charge in [-0.3, -0.25) is 0 Å². The fourth-order valence-corrected chi connectivity index (χ4v) is 2.20. The average Bonchev–Trinajstić information content (AvgIpc) is 2.28. The number of rotatable bonds is 7. The van der Waals surface area contributed by atoms with E-state index in [0.717, 1.165) is 12.0 Å². The highest BCUT2D eigenvalue weighted by Gasteiger charge is 2.13. The minimum absolute atomic E-state index is 0.0854. The summed E-state index contributed by atoms with van der Waals surface area (Å²) in [6.07, 6.45) is 4.89. The van der Waals surface area contributed by atoms with Gasteiger partial charge in [-0.15, -0.1) is 0 Å². The summed E-state index contributed by atoms with van der Waals surface area (Å²) in [5.41, 5.74) is 0.829. The lowest BCUT2D eigenvalue weighted by Gasteiger charge is -2.21. The first-order valence-corrected chi connectivity index (χ1v) is 6.82. The standard InChI is InChI=1S/C15H25NO2/c1-4-5-6-7-11(2)16-12(3)14-9-8-13(17)10-15(14)18/h8-12,16-18H,4-7H2,1-3H3. The van der Waals surface area contributed by atoms with Crippen LogP contribution in [0.3, 0.4) is 0 Å². The first-order valence-electron chi connectivity index (χ1n) is 6.82. The zero-order valence-electron chi connectivity index (χ0n) is 11.6. The molecule has 0 aliphatic heterocycles. The van der Waals surface area contributed by atoms with Gasteiger partial charge in [0.05, 0.1) is 0 Å². The van der Waals surface area contributed by atoms with Crippen LogP contribution in [0.25, 0.3) is 0 Å². The van der Waals surface area contributed by atoms with Crippen LogP contribution < -0.4 is 5.32 Å². The summed E-state index contributed by atoms with van der Waals surface area (Å²) in [5.74, 6) is 0.246. The van der Waals surface area contributed by atoms with Gasteiger partial charge in [-0.05, 0) is 26.3 Å². The van der Waals surface area contributed by atoms with E-state index in [4.69, 9.17) is 0 Å². The van der Waals surface area contributed by atoms with Crippen LogP contribution >= 0.6 is 0 Å². The lowest BCUT2D eigenvalue weighted by atomic mass is 10.0. The Balaban J connectivity index is 2.51. The van der Waals surface area contributed by atoms with Crippen LogP contribution in [-0.2, 0) is 0 Å². The predicted octanol–water partition coefficient (Wildman–Crippen LogP) is 3.72. The molecule has 0 amide bonds. The zero-order valence-corrected chi connectivity index (χ0v) is 11.6. The smallest absolute Gasteiger partial charge is 0.124 e. The van der Waals surface area contributed by atoms with Crippen LogP contribution in [0.1, 0.15) is 58.1 Å². The summed E-state index contributed by atoms with van der Waals surface area (Å²) in [5, 5.41) is 22.5. The normalized spacial score (nSPS) is 14.4. The maximum absolute atomic E-state index is 9.79. The van der Waals surface area contributed by atoms with Crippen LogP contribution in [0.15, 0.2) is 18.2 Å². The molecule has 0 bridgehead atoms. The monoisotopic (exact) mass is 251 g/mol. The van der Waals surface area contributed by atoms with Gasteiger partial charge in [0.1, 0.15) is 11.5 Å². The molecule has 2 unspecified atom stereocenters. The van der Waals surface area contributed by atoms with E-state index in [2.05, 4.69) is 19.2 Å². The molecule has 0 aliphatic carbocycles. The van der Waals surface area contributed by atoms with Crippen molar-refractivity contribution in [3.05, 3.63) is 23.8 Å². The largest absolute Gasteiger partial charge is 0.508 e. The maximum atomic E-state index is 9.79. The third kappa shape index (κ3) is 4.57. The van der Waals surface area contributed by atoms with E-state index in [1.807, 2.05) is 6.92 Å². The van der Waals surface area contributed by atoms with Crippen molar-refractivity contribution in [2.45, 2.75) is 58.5 Å². The number of hydrogen-bond donors (Lipinski definition) is 3. The molecule has 0 saturated carbocycles. The molecule has 1 aromatic carbocycles. The number of benzene rings is 1. The lowest BCUT2D eigenvalue weighted by molar-refractivity contribution is 0.412. The third-order valence-electron chi connectivity index (χ3n) is 3.26. The summed E-state index contributed by atoms with van der Waals surface area (Å²) in [4.78, 5) is 0. The number of aromatic hydroxyl groups is 2. The van der Waals surface area contributed by atoms with Crippen molar-refractivity contribution in [2.24, 2.45) is 0 Å². The van der Waals surface area contributed by atoms with Crippen LogP contribution in [0, 0.1) is 0 Å². The van der Waals surface area contributed by atoms with Crippen molar-refractivity contribution < 1.29 is 10.2 Å². The Kier molecular flexibility index (Phi) is 5.99. The quantitative estimate of drug-likeness (QED) is 0.647. The van der Waals surface area contributed by atoms with Crippen molar-refractivity contribution in [1.29, 1.82) is 0 Å². The zero-order chi connectivity index (χ0) is 13.5. The second-order valence-corrected chi connectivity index (χ2v) is 5.03. The second kappa shape index (κ2) is 7.27. The summed E-state index contributed by atoms with van der Waals surface area (Å²) in [6.45, 7) is 6.40. The molecule has 2 atom stereocenters. The molecular formula is C15H25NO2. The van der Waals surface area contributed by atoms with Gasteiger partial charge in [0, 0.05) is 23.7 Å². The molecule has 0 aliphatic rings. The summed E-state index contributed by atoms with van der Waals surface area (Å²) < 4.78 is 0. The summed E-state index contributed by atoms with van der Waals surface area (Å²) in [6, 6.07) is 5.27. The number of hydrogen-bond acceptors (Lipinski definition) is 3. The Hall–Kier alpha value is -1.22. The molecule has 0 heterocycles. The average molecular weight is 251 g/mol. The molecule has 0 saturated heterocycles. The van der Waals surface area contributed by atoms with Crippen molar-refractivity contribution in [3.8, 4) is 11.5 Å². The molecule has 3 N–H and O–H groups in total. The first kappa shape index (κ1) is 14.8. The Bertz CT molecular complexity index is 366. The molecule has 18 heavy (non-hydrogen) atoms.